The number of benzene rings is 1. The van der Waals surface area contributed by atoms with Crippen LogP contribution in [0.3, 0.4) is 0 Å². The largest absolute Gasteiger partial charge is 0.383 e. The summed E-state index contributed by atoms with van der Waals surface area (Å²) in [5.74, 6) is 0.292. The van der Waals surface area contributed by atoms with Crippen LogP contribution in [-0.4, -0.2) is 76.1 Å². The lowest BCUT2D eigenvalue weighted by atomic mass is 9.92. The lowest BCUT2D eigenvalue weighted by molar-refractivity contribution is 0.102. The van der Waals surface area contributed by atoms with Crippen molar-refractivity contribution in [3.8, 4) is 0 Å². The molecule has 2 aliphatic heterocycles. The SMILES string of the molecule is C=C/N=C1/C(N)=NC(N2CCN(CC(C)C)CC2)=N/C1=C(/N)Nc1ccc(F)c(C(=O)Nc2cc(C(C)(C)C)n[nH]2)c1. The summed E-state index contributed by atoms with van der Waals surface area (Å²) in [4.78, 5) is 30.8. The van der Waals surface area contributed by atoms with Crippen LogP contribution in [0, 0.1) is 11.7 Å². The van der Waals surface area contributed by atoms with Crippen LogP contribution in [0.1, 0.15) is 50.7 Å². The minimum atomic E-state index is -0.695. The van der Waals surface area contributed by atoms with Gasteiger partial charge < -0.3 is 27.0 Å². The van der Waals surface area contributed by atoms with Gasteiger partial charge in [0.1, 0.15) is 28.9 Å². The van der Waals surface area contributed by atoms with Crippen LogP contribution >= 0.6 is 0 Å². The highest BCUT2D eigenvalue weighted by Crippen LogP contribution is 2.24. The van der Waals surface area contributed by atoms with Crippen molar-refractivity contribution in [3.05, 3.63) is 65.6 Å². The maximum atomic E-state index is 14.7. The van der Waals surface area contributed by atoms with Crippen molar-refractivity contribution in [2.24, 2.45) is 32.4 Å². The zero-order valence-electron chi connectivity index (χ0n) is 24.8. The second kappa shape index (κ2) is 12.6. The molecule has 12 nitrogen and oxygen atoms in total. The molecule has 0 aliphatic carbocycles. The van der Waals surface area contributed by atoms with Gasteiger partial charge >= 0.3 is 0 Å². The smallest absolute Gasteiger partial charge is 0.259 e. The van der Waals surface area contributed by atoms with E-state index in [0.29, 0.717) is 23.4 Å². The first-order chi connectivity index (χ1) is 19.8. The summed E-state index contributed by atoms with van der Waals surface area (Å²) in [6.45, 7) is 18.3. The van der Waals surface area contributed by atoms with Crippen LogP contribution in [0.4, 0.5) is 15.9 Å². The van der Waals surface area contributed by atoms with E-state index in [4.69, 9.17) is 16.5 Å². The molecule has 0 radical (unpaired) electrons. The Kier molecular flexibility index (Phi) is 9.10. The number of amidine groups is 1. The molecule has 1 aromatic carbocycles. The highest BCUT2D eigenvalue weighted by molar-refractivity contribution is 6.49. The van der Waals surface area contributed by atoms with Gasteiger partial charge in [-0.15, -0.1) is 0 Å². The fourth-order valence-electron chi connectivity index (χ4n) is 4.61. The molecule has 0 atom stereocenters. The van der Waals surface area contributed by atoms with Gasteiger partial charge in [0, 0.05) is 56.1 Å². The predicted octanol–water partition coefficient (Wildman–Crippen LogP) is 3.22. The predicted molar refractivity (Wildman–Crippen MR) is 166 cm³/mol. The van der Waals surface area contributed by atoms with Gasteiger partial charge in [-0.05, 0) is 24.1 Å². The van der Waals surface area contributed by atoms with E-state index in [1.54, 1.807) is 6.07 Å². The highest BCUT2D eigenvalue weighted by Gasteiger charge is 2.27. The highest BCUT2D eigenvalue weighted by atomic mass is 19.1. The average molecular weight is 578 g/mol. The topological polar surface area (TPSA) is 165 Å². The van der Waals surface area contributed by atoms with Gasteiger partial charge in [0.15, 0.2) is 5.84 Å². The van der Waals surface area contributed by atoms with Gasteiger partial charge in [-0.3, -0.25) is 19.8 Å². The number of guanidine groups is 1. The van der Waals surface area contributed by atoms with Gasteiger partial charge in [0.05, 0.1) is 11.3 Å². The summed E-state index contributed by atoms with van der Waals surface area (Å²) in [6.07, 6.45) is 1.33. The average Bonchev–Trinajstić information content (AvgIpc) is 3.40. The molecular weight excluding hydrogens is 537 g/mol. The molecular formula is C29H40FN11O. The first-order valence-corrected chi connectivity index (χ1v) is 13.9. The first kappa shape index (κ1) is 30.4. The number of aromatic amines is 1. The molecule has 1 fully saturated rings. The van der Waals surface area contributed by atoms with Crippen molar-refractivity contribution < 1.29 is 9.18 Å². The number of halogens is 1. The third kappa shape index (κ3) is 7.21. The molecule has 2 aromatic rings. The Labute approximate surface area is 245 Å². The lowest BCUT2D eigenvalue weighted by Gasteiger charge is -2.36. The Bertz CT molecular complexity index is 1450. The van der Waals surface area contributed by atoms with Gasteiger partial charge in [0.25, 0.3) is 5.91 Å². The third-order valence-electron chi connectivity index (χ3n) is 6.74. The molecule has 224 valence electrons. The fourth-order valence-corrected chi connectivity index (χ4v) is 4.61. The number of carbonyl (C=O) groups is 1. The molecule has 42 heavy (non-hydrogen) atoms. The van der Waals surface area contributed by atoms with E-state index in [-0.39, 0.29) is 34.0 Å². The van der Waals surface area contributed by atoms with E-state index in [1.807, 2.05) is 20.8 Å². The molecule has 0 spiro atoms. The van der Waals surface area contributed by atoms with Crippen molar-refractivity contribution in [2.75, 3.05) is 43.4 Å². The number of aliphatic imine (C=N–C) groups is 3. The van der Waals surface area contributed by atoms with Gasteiger partial charge in [-0.25, -0.2) is 9.38 Å². The number of rotatable bonds is 7. The van der Waals surface area contributed by atoms with Crippen molar-refractivity contribution in [2.45, 2.75) is 40.0 Å². The van der Waals surface area contributed by atoms with Gasteiger partial charge in [-0.2, -0.15) is 10.1 Å². The Balaban J connectivity index is 1.57. The van der Waals surface area contributed by atoms with Crippen molar-refractivity contribution in [3.63, 3.8) is 0 Å². The molecule has 0 bridgehead atoms. The Morgan fingerprint density at radius 1 is 1.19 bits per heavy atom. The molecule has 1 saturated heterocycles. The van der Waals surface area contributed by atoms with Crippen molar-refractivity contribution in [1.29, 1.82) is 0 Å². The number of nitrogens with two attached hydrogens (primary N) is 2. The van der Waals surface area contributed by atoms with E-state index in [0.717, 1.165) is 38.4 Å². The number of H-pyrrole nitrogens is 1. The number of amides is 1. The Morgan fingerprint density at radius 2 is 1.90 bits per heavy atom. The van der Waals surface area contributed by atoms with Crippen LogP contribution < -0.4 is 22.1 Å². The summed E-state index contributed by atoms with van der Waals surface area (Å²) in [5, 5.41) is 12.7. The molecule has 1 amide bonds. The van der Waals surface area contributed by atoms with Crippen LogP contribution in [0.25, 0.3) is 0 Å². The first-order valence-electron chi connectivity index (χ1n) is 13.9. The van der Waals surface area contributed by atoms with Crippen LogP contribution in [0.15, 0.2) is 63.5 Å². The molecule has 4 rings (SSSR count). The van der Waals surface area contributed by atoms with E-state index in [9.17, 15) is 9.18 Å². The normalized spacial score (nSPS) is 18.5. The van der Waals surface area contributed by atoms with E-state index in [2.05, 4.69) is 61.0 Å². The Hall–Kier alpha value is -4.52. The number of aromatic nitrogens is 2. The quantitative estimate of drug-likeness (QED) is 0.337. The molecule has 0 saturated carbocycles. The number of hydrogen-bond donors (Lipinski definition) is 5. The molecule has 13 heteroatoms. The summed E-state index contributed by atoms with van der Waals surface area (Å²) in [6, 6.07) is 5.73. The van der Waals surface area contributed by atoms with Crippen LogP contribution in [-0.2, 0) is 5.41 Å². The zero-order valence-corrected chi connectivity index (χ0v) is 24.8. The van der Waals surface area contributed by atoms with E-state index >= 15 is 0 Å². The monoisotopic (exact) mass is 577 g/mol. The van der Waals surface area contributed by atoms with Crippen LogP contribution in [0.5, 0.6) is 0 Å². The summed E-state index contributed by atoms with van der Waals surface area (Å²) in [5.41, 5.74) is 14.0. The van der Waals surface area contributed by atoms with E-state index < -0.39 is 11.7 Å². The second-order valence-electron chi connectivity index (χ2n) is 11.7. The summed E-state index contributed by atoms with van der Waals surface area (Å²) in [7, 11) is 0. The maximum absolute atomic E-state index is 14.7. The molecule has 7 N–H and O–H groups in total. The van der Waals surface area contributed by atoms with E-state index in [1.165, 1.54) is 24.4 Å². The maximum Gasteiger partial charge on any atom is 0.259 e. The number of nitrogens with zero attached hydrogens (tertiary/aromatic N) is 6. The number of carbonyl (C=O) groups excluding carboxylic acids is 1. The number of hydrogen-bond acceptors (Lipinski definition) is 10. The minimum absolute atomic E-state index is 0.103. The fraction of sp³-hybridized carbons (Fsp3) is 0.414. The minimum Gasteiger partial charge on any atom is -0.383 e. The number of nitrogens with one attached hydrogen (secondary N) is 3. The molecule has 1 aromatic heterocycles. The Morgan fingerprint density at radius 3 is 2.52 bits per heavy atom. The molecule has 2 aliphatic rings. The number of piperazine rings is 1. The standard InChI is InChI=1S/C29H40FN11O/c1-7-33-23-24(36-28(37-25(23)31)41-12-10-40(11-13-41)16-17(2)3)26(32)34-18-8-9-20(30)19(14-18)27(42)35-22-15-21(38-39-22)29(4,5)6/h7-9,14-15,17,34H,1,10-13,16,32H2,2-6H3,(H2,31,36,37)(H2,35,38,39,42)/b26-24-,33-23+. The van der Waals surface area contributed by atoms with Crippen molar-refractivity contribution in [1.82, 2.24) is 20.0 Å². The van der Waals surface area contributed by atoms with Crippen LogP contribution in [0.2, 0.25) is 0 Å². The van der Waals surface area contributed by atoms with Gasteiger partial charge in [0.2, 0.25) is 5.96 Å². The second-order valence-corrected chi connectivity index (χ2v) is 11.7. The summed E-state index contributed by atoms with van der Waals surface area (Å²) < 4.78 is 14.7. The lowest BCUT2D eigenvalue weighted by Crippen LogP contribution is -2.50. The third-order valence-corrected chi connectivity index (χ3v) is 6.74. The molecule has 3 heterocycles. The molecule has 0 unspecified atom stereocenters. The van der Waals surface area contributed by atoms with Crippen molar-refractivity contribution >= 4 is 34.9 Å². The van der Waals surface area contributed by atoms with Gasteiger partial charge in [-0.1, -0.05) is 41.2 Å². The summed E-state index contributed by atoms with van der Waals surface area (Å²) >= 11 is 0. The number of anilines is 2. The zero-order chi connectivity index (χ0) is 30.6.